The summed E-state index contributed by atoms with van der Waals surface area (Å²) in [6.07, 6.45) is 8.89. The second-order valence-corrected chi connectivity index (χ2v) is 5.12. The number of nitrogen functional groups attached to an aromatic ring is 1. The average Bonchev–Trinajstić information content (AvgIpc) is 2.47. The van der Waals surface area contributed by atoms with Gasteiger partial charge in [0, 0.05) is 6.54 Å². The summed E-state index contributed by atoms with van der Waals surface area (Å²) in [5.41, 5.74) is 6.57. The third kappa shape index (κ3) is 4.73. The second-order valence-electron chi connectivity index (χ2n) is 5.12. The standard InChI is InChI=1S/C15H23N5O/c1-3-4-8-17-14-13(9-18-15(16)20-14)21-10-12-7-5-6-11(2)19-12/h5,7,9,11H,3-4,6,8,10H2,1-2H3,(H3,16,17,18,20). The van der Waals surface area contributed by atoms with Gasteiger partial charge in [-0.25, -0.2) is 4.98 Å². The maximum absolute atomic E-state index is 5.79. The molecule has 1 atom stereocenters. The molecule has 1 unspecified atom stereocenters. The van der Waals surface area contributed by atoms with E-state index in [2.05, 4.69) is 40.2 Å². The Bertz CT molecular complexity index is 527. The van der Waals surface area contributed by atoms with Crippen LogP contribution in [-0.2, 0) is 0 Å². The van der Waals surface area contributed by atoms with Crippen LogP contribution in [0, 0.1) is 0 Å². The first kappa shape index (κ1) is 15.3. The molecule has 1 aromatic heterocycles. The Morgan fingerprint density at radius 2 is 2.33 bits per heavy atom. The van der Waals surface area contributed by atoms with E-state index in [1.165, 1.54) is 0 Å². The number of nitrogens with one attached hydrogen (secondary N) is 1. The van der Waals surface area contributed by atoms with Crippen LogP contribution in [0.5, 0.6) is 5.75 Å². The highest BCUT2D eigenvalue weighted by Gasteiger charge is 2.10. The van der Waals surface area contributed by atoms with Gasteiger partial charge in [-0.1, -0.05) is 19.4 Å². The predicted octanol–water partition coefficient (Wildman–Crippen LogP) is 2.44. The lowest BCUT2D eigenvalue weighted by Crippen LogP contribution is -2.16. The van der Waals surface area contributed by atoms with E-state index < -0.39 is 0 Å². The number of dihydropyridines is 1. The van der Waals surface area contributed by atoms with Crippen molar-refractivity contribution in [2.24, 2.45) is 4.99 Å². The summed E-state index contributed by atoms with van der Waals surface area (Å²) in [5.74, 6) is 1.49. The van der Waals surface area contributed by atoms with Crippen LogP contribution in [0.25, 0.3) is 0 Å². The van der Waals surface area contributed by atoms with Crippen LogP contribution >= 0.6 is 0 Å². The number of unbranched alkanes of at least 4 members (excludes halogenated alkanes) is 1. The molecule has 0 spiro atoms. The first-order valence-electron chi connectivity index (χ1n) is 7.41. The maximum atomic E-state index is 5.79. The van der Waals surface area contributed by atoms with E-state index in [0.29, 0.717) is 24.2 Å². The Hall–Kier alpha value is -2.11. The number of aliphatic imine (C=N–C) groups is 1. The molecule has 0 bridgehead atoms. The number of ether oxygens (including phenoxy) is 1. The van der Waals surface area contributed by atoms with Crippen LogP contribution in [-0.4, -0.2) is 34.9 Å². The number of nitrogens with two attached hydrogens (primary N) is 1. The molecule has 0 aliphatic carbocycles. The average molecular weight is 289 g/mol. The summed E-state index contributed by atoms with van der Waals surface area (Å²) in [6, 6.07) is 0.318. The molecule has 0 amide bonds. The largest absolute Gasteiger partial charge is 0.482 e. The van der Waals surface area contributed by atoms with Crippen LogP contribution in [0.4, 0.5) is 11.8 Å². The lowest BCUT2D eigenvalue weighted by Gasteiger charge is -2.15. The van der Waals surface area contributed by atoms with E-state index in [1.54, 1.807) is 6.20 Å². The summed E-state index contributed by atoms with van der Waals surface area (Å²) in [6.45, 7) is 5.48. The van der Waals surface area contributed by atoms with Crippen LogP contribution < -0.4 is 15.8 Å². The number of rotatable bonds is 7. The minimum Gasteiger partial charge on any atom is -0.482 e. The second kappa shape index (κ2) is 7.61. The lowest BCUT2D eigenvalue weighted by atomic mass is 10.1. The third-order valence-corrected chi connectivity index (χ3v) is 3.15. The van der Waals surface area contributed by atoms with Crippen LogP contribution in [0.15, 0.2) is 23.3 Å². The molecule has 1 aliphatic rings. The topological polar surface area (TPSA) is 85.4 Å². The summed E-state index contributed by atoms with van der Waals surface area (Å²) in [4.78, 5) is 12.7. The van der Waals surface area contributed by atoms with E-state index in [1.807, 2.05) is 6.08 Å². The fraction of sp³-hybridized carbons (Fsp3) is 0.533. The third-order valence-electron chi connectivity index (χ3n) is 3.15. The summed E-state index contributed by atoms with van der Waals surface area (Å²) < 4.78 is 5.79. The van der Waals surface area contributed by atoms with Crippen molar-refractivity contribution in [1.82, 2.24) is 9.97 Å². The maximum Gasteiger partial charge on any atom is 0.222 e. The Kier molecular flexibility index (Phi) is 5.54. The summed E-state index contributed by atoms with van der Waals surface area (Å²) in [7, 11) is 0. The highest BCUT2D eigenvalue weighted by molar-refractivity contribution is 5.96. The van der Waals surface area contributed by atoms with Crippen molar-refractivity contribution >= 4 is 17.5 Å². The van der Waals surface area contributed by atoms with E-state index in [4.69, 9.17) is 10.5 Å². The van der Waals surface area contributed by atoms with Gasteiger partial charge in [-0.05, 0) is 25.8 Å². The molecule has 0 saturated heterocycles. The summed E-state index contributed by atoms with van der Waals surface area (Å²) >= 11 is 0. The predicted molar refractivity (Wildman–Crippen MR) is 86.0 cm³/mol. The summed E-state index contributed by atoms with van der Waals surface area (Å²) in [5, 5.41) is 3.24. The van der Waals surface area contributed by atoms with Crippen molar-refractivity contribution in [3.8, 4) is 5.75 Å². The smallest absolute Gasteiger partial charge is 0.222 e. The molecule has 1 aromatic rings. The first-order chi connectivity index (χ1) is 10.2. The number of hydrogen-bond acceptors (Lipinski definition) is 6. The Morgan fingerprint density at radius 3 is 3.10 bits per heavy atom. The van der Waals surface area contributed by atoms with Gasteiger partial charge in [0.15, 0.2) is 11.6 Å². The minimum absolute atomic E-state index is 0.241. The SMILES string of the molecule is CCCCNc1nc(N)ncc1OCC1=NC(C)CC=C1. The lowest BCUT2D eigenvalue weighted by molar-refractivity contribution is 0.374. The van der Waals surface area contributed by atoms with E-state index in [0.717, 1.165) is 31.5 Å². The number of aromatic nitrogens is 2. The van der Waals surface area contributed by atoms with Gasteiger partial charge >= 0.3 is 0 Å². The highest BCUT2D eigenvalue weighted by atomic mass is 16.5. The number of anilines is 2. The normalized spacial score (nSPS) is 17.4. The molecule has 0 fully saturated rings. The van der Waals surface area contributed by atoms with Gasteiger partial charge in [0.1, 0.15) is 6.61 Å². The van der Waals surface area contributed by atoms with Crippen molar-refractivity contribution < 1.29 is 4.74 Å². The molecule has 2 heterocycles. The van der Waals surface area contributed by atoms with Gasteiger partial charge in [-0.2, -0.15) is 4.98 Å². The van der Waals surface area contributed by atoms with Gasteiger partial charge < -0.3 is 15.8 Å². The van der Waals surface area contributed by atoms with Crippen molar-refractivity contribution in [1.29, 1.82) is 0 Å². The zero-order valence-corrected chi connectivity index (χ0v) is 12.7. The molecule has 1 aliphatic heterocycles. The molecule has 6 heteroatoms. The fourth-order valence-corrected chi connectivity index (χ4v) is 2.02. The van der Waals surface area contributed by atoms with Crippen molar-refractivity contribution in [2.75, 3.05) is 24.2 Å². The van der Waals surface area contributed by atoms with Crippen molar-refractivity contribution in [3.63, 3.8) is 0 Å². The molecule has 3 N–H and O–H groups in total. The van der Waals surface area contributed by atoms with E-state index >= 15 is 0 Å². The molecule has 0 radical (unpaired) electrons. The van der Waals surface area contributed by atoms with Gasteiger partial charge in [-0.15, -0.1) is 0 Å². The van der Waals surface area contributed by atoms with Crippen LogP contribution in [0.3, 0.4) is 0 Å². The first-order valence-corrected chi connectivity index (χ1v) is 7.41. The van der Waals surface area contributed by atoms with Gasteiger partial charge in [0.2, 0.25) is 5.95 Å². The van der Waals surface area contributed by atoms with Gasteiger partial charge in [0.05, 0.1) is 18.0 Å². The zero-order valence-electron chi connectivity index (χ0n) is 12.7. The van der Waals surface area contributed by atoms with Gasteiger partial charge in [-0.3, -0.25) is 4.99 Å². The molecule has 2 rings (SSSR count). The fourth-order valence-electron chi connectivity index (χ4n) is 2.02. The molecule has 0 aromatic carbocycles. The number of nitrogens with zero attached hydrogens (tertiary/aromatic N) is 3. The molecular formula is C15H23N5O. The zero-order chi connectivity index (χ0) is 15.1. The van der Waals surface area contributed by atoms with E-state index in [-0.39, 0.29) is 5.95 Å². The van der Waals surface area contributed by atoms with Crippen LogP contribution in [0.2, 0.25) is 0 Å². The molecule has 114 valence electrons. The Balaban J connectivity index is 2.00. The quantitative estimate of drug-likeness (QED) is 0.753. The monoisotopic (exact) mass is 289 g/mol. The van der Waals surface area contributed by atoms with Gasteiger partial charge in [0.25, 0.3) is 0 Å². The van der Waals surface area contributed by atoms with Crippen LogP contribution in [0.1, 0.15) is 33.1 Å². The van der Waals surface area contributed by atoms with Crippen molar-refractivity contribution in [3.05, 3.63) is 18.3 Å². The number of hydrogen-bond donors (Lipinski definition) is 2. The van der Waals surface area contributed by atoms with E-state index in [9.17, 15) is 0 Å². The Labute approximate surface area is 125 Å². The molecule has 21 heavy (non-hydrogen) atoms. The molecular weight excluding hydrogens is 266 g/mol. The Morgan fingerprint density at radius 1 is 1.48 bits per heavy atom. The molecule has 0 saturated carbocycles. The van der Waals surface area contributed by atoms with Crippen molar-refractivity contribution in [2.45, 2.75) is 39.2 Å². The molecule has 6 nitrogen and oxygen atoms in total. The minimum atomic E-state index is 0.241. The highest BCUT2D eigenvalue weighted by Crippen LogP contribution is 2.22.